The third-order valence-corrected chi connectivity index (χ3v) is 1.45. The summed E-state index contributed by atoms with van der Waals surface area (Å²) in [6.45, 7) is 5.83. The van der Waals surface area contributed by atoms with Gasteiger partial charge in [-0.25, -0.2) is 0 Å². The summed E-state index contributed by atoms with van der Waals surface area (Å²) >= 11 is 0. The Hall–Kier alpha value is -0.830. The molecule has 2 N–H and O–H groups in total. The first-order valence-corrected chi connectivity index (χ1v) is 4.22. The van der Waals surface area contributed by atoms with Crippen molar-refractivity contribution < 1.29 is 9.90 Å². The van der Waals surface area contributed by atoms with Crippen molar-refractivity contribution in [2.45, 2.75) is 32.3 Å². The number of hydrogen-bond acceptors (Lipinski definition) is 2. The Kier molecular flexibility index (Phi) is 6.38. The van der Waals surface area contributed by atoms with E-state index in [0.717, 1.165) is 12.8 Å². The zero-order valence-electron chi connectivity index (χ0n) is 7.55. The molecule has 1 amide bonds. The molecule has 0 spiro atoms. The zero-order chi connectivity index (χ0) is 9.40. The van der Waals surface area contributed by atoms with Gasteiger partial charge in [-0.15, -0.1) is 6.58 Å². The van der Waals surface area contributed by atoms with Gasteiger partial charge in [-0.05, 0) is 19.8 Å². The fourth-order valence-corrected chi connectivity index (χ4v) is 0.829. The fourth-order valence-electron chi connectivity index (χ4n) is 0.829. The zero-order valence-corrected chi connectivity index (χ0v) is 7.55. The number of hydrogen-bond donors (Lipinski definition) is 2. The van der Waals surface area contributed by atoms with Crippen LogP contribution in [0.1, 0.15) is 26.2 Å². The van der Waals surface area contributed by atoms with Crippen LogP contribution < -0.4 is 5.32 Å². The maximum Gasteiger partial charge on any atom is 0.223 e. The van der Waals surface area contributed by atoms with Crippen molar-refractivity contribution >= 4 is 5.91 Å². The Labute approximate surface area is 73.5 Å². The van der Waals surface area contributed by atoms with Crippen LogP contribution in [0.2, 0.25) is 0 Å². The highest BCUT2D eigenvalue weighted by Gasteiger charge is 1.98. The van der Waals surface area contributed by atoms with Crippen LogP contribution in [-0.2, 0) is 4.79 Å². The number of rotatable bonds is 6. The maximum absolute atomic E-state index is 10.8. The molecule has 1 atom stereocenters. The predicted molar refractivity (Wildman–Crippen MR) is 48.7 cm³/mol. The van der Waals surface area contributed by atoms with Crippen molar-refractivity contribution in [3.8, 4) is 0 Å². The quantitative estimate of drug-likeness (QED) is 0.459. The van der Waals surface area contributed by atoms with E-state index in [9.17, 15) is 4.79 Å². The van der Waals surface area contributed by atoms with E-state index >= 15 is 0 Å². The highest BCUT2D eigenvalue weighted by Crippen LogP contribution is 1.93. The van der Waals surface area contributed by atoms with E-state index < -0.39 is 0 Å². The normalized spacial score (nSPS) is 12.2. The first-order valence-electron chi connectivity index (χ1n) is 4.22. The fraction of sp³-hybridized carbons (Fsp3) is 0.667. The van der Waals surface area contributed by atoms with Crippen LogP contribution in [0.25, 0.3) is 0 Å². The number of aliphatic hydroxyl groups excluding tert-OH is 1. The van der Waals surface area contributed by atoms with Gasteiger partial charge in [0.2, 0.25) is 5.91 Å². The number of nitrogens with one attached hydrogen (secondary N) is 1. The molecular formula is C9H17NO2. The van der Waals surface area contributed by atoms with E-state index in [4.69, 9.17) is 5.11 Å². The minimum absolute atomic E-state index is 0.00408. The third-order valence-electron chi connectivity index (χ3n) is 1.45. The summed E-state index contributed by atoms with van der Waals surface area (Å²) in [7, 11) is 0. The summed E-state index contributed by atoms with van der Waals surface area (Å²) in [5, 5.41) is 11.6. The molecule has 1 unspecified atom stereocenters. The Balaban J connectivity index is 3.19. The van der Waals surface area contributed by atoms with Crippen molar-refractivity contribution in [2.24, 2.45) is 0 Å². The number of carbonyl (C=O) groups excluding carboxylic acids is 1. The van der Waals surface area contributed by atoms with Gasteiger partial charge in [0.05, 0.1) is 6.10 Å². The monoisotopic (exact) mass is 171 g/mol. The Morgan fingerprint density at radius 1 is 1.75 bits per heavy atom. The second kappa shape index (κ2) is 6.85. The van der Waals surface area contributed by atoms with E-state index in [-0.39, 0.29) is 12.0 Å². The first kappa shape index (κ1) is 11.2. The average molecular weight is 171 g/mol. The van der Waals surface area contributed by atoms with Gasteiger partial charge in [0.15, 0.2) is 0 Å². The summed E-state index contributed by atoms with van der Waals surface area (Å²) in [4.78, 5) is 10.8. The third kappa shape index (κ3) is 7.28. The minimum Gasteiger partial charge on any atom is -0.393 e. The number of amides is 1. The maximum atomic E-state index is 10.8. The minimum atomic E-state index is -0.277. The molecule has 0 radical (unpaired) electrons. The van der Waals surface area contributed by atoms with E-state index in [1.54, 1.807) is 13.0 Å². The van der Waals surface area contributed by atoms with Crippen molar-refractivity contribution in [2.75, 3.05) is 6.54 Å². The molecule has 0 aromatic carbocycles. The Morgan fingerprint density at radius 3 is 2.92 bits per heavy atom. The van der Waals surface area contributed by atoms with Crippen LogP contribution >= 0.6 is 0 Å². The van der Waals surface area contributed by atoms with Gasteiger partial charge in [0.1, 0.15) is 0 Å². The highest BCUT2D eigenvalue weighted by molar-refractivity contribution is 5.77. The molecule has 0 rings (SSSR count). The van der Waals surface area contributed by atoms with E-state index in [1.165, 1.54) is 0 Å². The van der Waals surface area contributed by atoms with E-state index in [1.807, 2.05) is 0 Å². The van der Waals surface area contributed by atoms with Crippen LogP contribution in [0.5, 0.6) is 0 Å². The van der Waals surface area contributed by atoms with Crippen LogP contribution in [0.15, 0.2) is 12.7 Å². The van der Waals surface area contributed by atoms with Crippen LogP contribution in [0, 0.1) is 0 Å². The van der Waals surface area contributed by atoms with Gasteiger partial charge in [-0.3, -0.25) is 4.79 Å². The van der Waals surface area contributed by atoms with Crippen molar-refractivity contribution in [1.29, 1.82) is 0 Å². The van der Waals surface area contributed by atoms with Crippen LogP contribution in [0.3, 0.4) is 0 Å². The molecule has 0 aromatic heterocycles. The summed E-state index contributed by atoms with van der Waals surface area (Å²) in [6, 6.07) is 0. The molecule has 3 heteroatoms. The number of aliphatic hydroxyl groups is 1. The van der Waals surface area contributed by atoms with E-state index in [0.29, 0.717) is 13.0 Å². The van der Waals surface area contributed by atoms with Gasteiger partial charge < -0.3 is 10.4 Å². The summed E-state index contributed by atoms with van der Waals surface area (Å²) in [6.07, 6.45) is 3.22. The Morgan fingerprint density at radius 2 is 2.42 bits per heavy atom. The lowest BCUT2D eigenvalue weighted by molar-refractivity contribution is -0.120. The molecule has 0 saturated carbocycles. The van der Waals surface area contributed by atoms with Crippen molar-refractivity contribution in [3.63, 3.8) is 0 Å². The van der Waals surface area contributed by atoms with Gasteiger partial charge in [-0.2, -0.15) is 0 Å². The van der Waals surface area contributed by atoms with Gasteiger partial charge >= 0.3 is 0 Å². The van der Waals surface area contributed by atoms with E-state index in [2.05, 4.69) is 11.9 Å². The summed E-state index contributed by atoms with van der Waals surface area (Å²) < 4.78 is 0. The van der Waals surface area contributed by atoms with Crippen molar-refractivity contribution in [3.05, 3.63) is 12.7 Å². The number of carbonyl (C=O) groups is 1. The topological polar surface area (TPSA) is 49.3 Å². The second-order valence-electron chi connectivity index (χ2n) is 2.83. The summed E-state index contributed by atoms with van der Waals surface area (Å²) in [5.74, 6) is -0.00408. The van der Waals surface area contributed by atoms with Crippen LogP contribution in [0.4, 0.5) is 0 Å². The largest absolute Gasteiger partial charge is 0.393 e. The smallest absolute Gasteiger partial charge is 0.223 e. The molecule has 0 fully saturated rings. The SMILES string of the molecule is C=CCC(=O)NCCCC(C)O. The molecule has 12 heavy (non-hydrogen) atoms. The van der Waals surface area contributed by atoms with Gasteiger partial charge in [-0.1, -0.05) is 6.08 Å². The second-order valence-corrected chi connectivity index (χ2v) is 2.83. The first-order chi connectivity index (χ1) is 5.66. The lowest BCUT2D eigenvalue weighted by Gasteiger charge is -2.04. The predicted octanol–water partition coefficient (Wildman–Crippen LogP) is 0.840. The van der Waals surface area contributed by atoms with Gasteiger partial charge in [0, 0.05) is 13.0 Å². The van der Waals surface area contributed by atoms with Gasteiger partial charge in [0.25, 0.3) is 0 Å². The highest BCUT2D eigenvalue weighted by atomic mass is 16.3. The van der Waals surface area contributed by atoms with Crippen LogP contribution in [-0.4, -0.2) is 23.7 Å². The molecule has 3 nitrogen and oxygen atoms in total. The molecule has 0 saturated heterocycles. The lowest BCUT2D eigenvalue weighted by Crippen LogP contribution is -2.24. The molecule has 0 aromatic rings. The molecule has 0 heterocycles. The molecule has 0 aliphatic heterocycles. The Bertz CT molecular complexity index is 143. The summed E-state index contributed by atoms with van der Waals surface area (Å²) in [5.41, 5.74) is 0. The molecular weight excluding hydrogens is 154 g/mol. The molecule has 0 aliphatic carbocycles. The molecule has 0 bridgehead atoms. The lowest BCUT2D eigenvalue weighted by atomic mass is 10.2. The molecule has 0 aliphatic rings. The standard InChI is InChI=1S/C9H17NO2/c1-3-5-9(12)10-7-4-6-8(2)11/h3,8,11H,1,4-7H2,2H3,(H,10,12). The van der Waals surface area contributed by atoms with Crippen molar-refractivity contribution in [1.82, 2.24) is 5.32 Å². The average Bonchev–Trinajstić information content (AvgIpc) is 1.98. The molecule has 70 valence electrons.